The van der Waals surface area contributed by atoms with Crippen molar-refractivity contribution in [2.75, 3.05) is 0 Å². The van der Waals surface area contributed by atoms with Crippen LogP contribution in [0.3, 0.4) is 0 Å². The Hall–Kier alpha value is 0.140. The van der Waals surface area contributed by atoms with Crippen molar-refractivity contribution >= 4 is 32.9 Å². The molecule has 0 aliphatic heterocycles. The minimum absolute atomic E-state index is 1.40. The van der Waals surface area contributed by atoms with Crippen molar-refractivity contribution in [3.05, 3.63) is 28.0 Å². The summed E-state index contributed by atoms with van der Waals surface area (Å²) < 4.78 is 1.40. The molecule has 0 atom stereocenters. The van der Waals surface area contributed by atoms with Crippen molar-refractivity contribution in [1.82, 2.24) is 0 Å². The Kier molecular flexibility index (Phi) is 4.26. The van der Waals surface area contributed by atoms with Crippen molar-refractivity contribution in [3.63, 3.8) is 0 Å². The van der Waals surface area contributed by atoms with Gasteiger partial charge in [0.15, 0.2) is 0 Å². The lowest BCUT2D eigenvalue weighted by Crippen LogP contribution is -1.62. The predicted molar refractivity (Wildman–Crippen MR) is 62.1 cm³/mol. The summed E-state index contributed by atoms with van der Waals surface area (Å²) in [6.07, 6.45) is 2.06. The van der Waals surface area contributed by atoms with Gasteiger partial charge in [0.1, 0.15) is 0 Å². The summed E-state index contributed by atoms with van der Waals surface area (Å²) in [5.74, 6) is 0. The molecule has 1 aromatic rings. The molecule has 66 valence electrons. The van der Waals surface area contributed by atoms with Gasteiger partial charge in [-0.2, -0.15) is 0 Å². The molecule has 1 heterocycles. The molecule has 0 aliphatic carbocycles. The fourth-order valence-electron chi connectivity index (χ4n) is 0.711. The predicted octanol–water partition coefficient (Wildman–Crippen LogP) is 4.64. The van der Waals surface area contributed by atoms with E-state index in [2.05, 4.69) is 31.4 Å². The first-order valence-electron chi connectivity index (χ1n) is 3.75. The average Bonchev–Trinajstić information content (AvgIpc) is 2.32. The number of rotatable bonds is 3. The zero-order valence-corrected chi connectivity index (χ0v) is 9.91. The molecule has 1 rings (SSSR count). The smallest absolute Gasteiger partial charge is 0.0715 e. The molecule has 0 amide bonds. The van der Waals surface area contributed by atoms with Crippen LogP contribution >= 0.6 is 32.9 Å². The standard InChI is InChI=1S/C9H12S3/c1-4-5-10-12-9-6-7(2)8(3)11-9/h4-6H,1-3H3/b5-4+. The van der Waals surface area contributed by atoms with Crippen LogP contribution in [0.2, 0.25) is 0 Å². The lowest BCUT2D eigenvalue weighted by Gasteiger charge is -1.88. The summed E-state index contributed by atoms with van der Waals surface area (Å²) in [6.45, 7) is 6.37. The van der Waals surface area contributed by atoms with Crippen molar-refractivity contribution in [1.29, 1.82) is 0 Å². The fraction of sp³-hybridized carbons (Fsp3) is 0.333. The molecule has 12 heavy (non-hydrogen) atoms. The first-order valence-corrected chi connectivity index (χ1v) is 6.78. The largest absolute Gasteiger partial charge is 0.133 e. The number of hydrogen-bond donors (Lipinski definition) is 0. The molecule has 0 saturated carbocycles. The minimum Gasteiger partial charge on any atom is -0.133 e. The summed E-state index contributed by atoms with van der Waals surface area (Å²) in [6, 6.07) is 2.25. The molecular formula is C9H12S3. The van der Waals surface area contributed by atoms with Gasteiger partial charge in [-0.05, 0) is 48.6 Å². The molecule has 1 aromatic heterocycles. The summed E-state index contributed by atoms with van der Waals surface area (Å²) in [5.41, 5.74) is 1.41. The van der Waals surface area contributed by atoms with Gasteiger partial charge in [-0.15, -0.1) is 11.3 Å². The molecule has 0 radical (unpaired) electrons. The van der Waals surface area contributed by atoms with Crippen LogP contribution in [0.1, 0.15) is 17.4 Å². The van der Waals surface area contributed by atoms with Crippen LogP contribution in [-0.2, 0) is 0 Å². The maximum absolute atomic E-state index is 2.25. The van der Waals surface area contributed by atoms with Gasteiger partial charge in [-0.3, -0.25) is 0 Å². The molecule has 0 aliphatic rings. The van der Waals surface area contributed by atoms with Crippen LogP contribution in [0.15, 0.2) is 21.8 Å². The SMILES string of the molecule is C/C=C/SSc1cc(C)c(C)s1. The molecule has 0 aromatic carbocycles. The van der Waals surface area contributed by atoms with Crippen LogP contribution in [0.25, 0.3) is 0 Å². The number of aryl methyl sites for hydroxylation is 2. The van der Waals surface area contributed by atoms with Crippen molar-refractivity contribution < 1.29 is 0 Å². The topological polar surface area (TPSA) is 0 Å². The van der Waals surface area contributed by atoms with E-state index in [1.165, 1.54) is 14.6 Å². The van der Waals surface area contributed by atoms with Gasteiger partial charge in [0.2, 0.25) is 0 Å². The third-order valence-corrected chi connectivity index (χ3v) is 5.15. The van der Waals surface area contributed by atoms with Crippen molar-refractivity contribution in [2.45, 2.75) is 25.0 Å². The Balaban J connectivity index is 2.52. The molecule has 3 heteroatoms. The van der Waals surface area contributed by atoms with E-state index in [1.54, 1.807) is 10.8 Å². The molecule has 0 N–H and O–H groups in total. The summed E-state index contributed by atoms with van der Waals surface area (Å²) >= 11 is 1.87. The Morgan fingerprint density at radius 1 is 1.42 bits per heavy atom. The second kappa shape index (κ2) is 5.00. The number of allylic oxidation sites excluding steroid dienone is 1. The highest BCUT2D eigenvalue weighted by Gasteiger charge is 2.00. The monoisotopic (exact) mass is 216 g/mol. The first kappa shape index (κ1) is 10.2. The van der Waals surface area contributed by atoms with Gasteiger partial charge < -0.3 is 0 Å². The maximum atomic E-state index is 2.25. The second-order valence-corrected chi connectivity index (χ2v) is 6.12. The lowest BCUT2D eigenvalue weighted by molar-refractivity contribution is 1.43. The third kappa shape index (κ3) is 2.88. The van der Waals surface area contributed by atoms with Crippen LogP contribution in [0.5, 0.6) is 0 Å². The Labute approximate surface area is 85.9 Å². The molecule has 0 saturated heterocycles. The highest BCUT2D eigenvalue weighted by atomic mass is 33.1. The van der Waals surface area contributed by atoms with Gasteiger partial charge in [0, 0.05) is 4.88 Å². The van der Waals surface area contributed by atoms with E-state index in [0.717, 1.165) is 0 Å². The van der Waals surface area contributed by atoms with E-state index >= 15 is 0 Å². The Bertz CT molecular complexity index is 254. The van der Waals surface area contributed by atoms with Gasteiger partial charge >= 0.3 is 0 Å². The van der Waals surface area contributed by atoms with Crippen LogP contribution in [-0.4, -0.2) is 0 Å². The quantitative estimate of drug-likeness (QED) is 0.675. The summed E-state index contributed by atoms with van der Waals surface area (Å²) in [7, 11) is 3.60. The molecule has 0 bridgehead atoms. The lowest BCUT2D eigenvalue weighted by atomic mass is 10.3. The van der Waals surface area contributed by atoms with Gasteiger partial charge in [0.25, 0.3) is 0 Å². The van der Waals surface area contributed by atoms with Gasteiger partial charge in [-0.25, -0.2) is 0 Å². The third-order valence-electron chi connectivity index (χ3n) is 1.47. The Morgan fingerprint density at radius 2 is 2.17 bits per heavy atom. The normalized spacial score (nSPS) is 11.2. The van der Waals surface area contributed by atoms with Crippen LogP contribution in [0, 0.1) is 13.8 Å². The number of hydrogen-bond acceptors (Lipinski definition) is 3. The van der Waals surface area contributed by atoms with Crippen LogP contribution < -0.4 is 0 Å². The van der Waals surface area contributed by atoms with E-state index in [1.807, 2.05) is 29.1 Å². The molecule has 0 nitrogen and oxygen atoms in total. The zero-order chi connectivity index (χ0) is 8.97. The average molecular weight is 216 g/mol. The highest BCUT2D eigenvalue weighted by Crippen LogP contribution is 2.37. The highest BCUT2D eigenvalue weighted by molar-refractivity contribution is 8.78. The number of thiophene rings is 1. The molecule has 0 unspecified atom stereocenters. The van der Waals surface area contributed by atoms with E-state index in [0.29, 0.717) is 0 Å². The molecular weight excluding hydrogens is 204 g/mol. The summed E-state index contributed by atoms with van der Waals surface area (Å²) in [4.78, 5) is 1.43. The Morgan fingerprint density at radius 3 is 2.67 bits per heavy atom. The van der Waals surface area contributed by atoms with E-state index < -0.39 is 0 Å². The van der Waals surface area contributed by atoms with Gasteiger partial charge in [-0.1, -0.05) is 16.9 Å². The molecule has 0 spiro atoms. The zero-order valence-electron chi connectivity index (χ0n) is 7.46. The summed E-state index contributed by atoms with van der Waals surface area (Å²) in [5, 5.41) is 2.11. The second-order valence-electron chi connectivity index (χ2n) is 2.45. The van der Waals surface area contributed by atoms with Gasteiger partial charge in [0.05, 0.1) is 4.21 Å². The van der Waals surface area contributed by atoms with E-state index in [9.17, 15) is 0 Å². The van der Waals surface area contributed by atoms with Crippen molar-refractivity contribution in [3.8, 4) is 0 Å². The molecule has 0 fully saturated rings. The first-order chi connectivity index (χ1) is 5.74. The van der Waals surface area contributed by atoms with E-state index in [4.69, 9.17) is 0 Å². The van der Waals surface area contributed by atoms with Crippen LogP contribution in [0.4, 0.5) is 0 Å². The maximum Gasteiger partial charge on any atom is 0.0715 e. The minimum atomic E-state index is 1.40. The van der Waals surface area contributed by atoms with E-state index in [-0.39, 0.29) is 0 Å². The van der Waals surface area contributed by atoms with Crippen molar-refractivity contribution in [2.24, 2.45) is 0 Å². The fourth-order valence-corrected chi connectivity index (χ4v) is 4.05.